The Balaban J connectivity index is 1.71. The summed E-state index contributed by atoms with van der Waals surface area (Å²) in [4.78, 5) is 33.9. The first-order valence-corrected chi connectivity index (χ1v) is 10.3. The number of pyridine rings is 1. The van der Waals surface area contributed by atoms with Crippen LogP contribution >= 0.6 is 0 Å². The Morgan fingerprint density at radius 1 is 1.14 bits per heavy atom. The predicted octanol–water partition coefficient (Wildman–Crippen LogP) is 2.11. The number of amides is 2. The van der Waals surface area contributed by atoms with Crippen molar-refractivity contribution in [2.24, 2.45) is 5.73 Å². The second-order valence-corrected chi connectivity index (χ2v) is 8.08. The van der Waals surface area contributed by atoms with Crippen molar-refractivity contribution in [1.29, 1.82) is 0 Å². The van der Waals surface area contributed by atoms with E-state index < -0.39 is 0 Å². The summed E-state index contributed by atoms with van der Waals surface area (Å²) < 4.78 is 1.99. The third-order valence-corrected chi connectivity index (χ3v) is 6.02. The van der Waals surface area contributed by atoms with Crippen molar-refractivity contribution in [1.82, 2.24) is 19.2 Å². The number of carbonyl (C=O) groups is 2. The molecular weight excluding hydrogens is 354 g/mol. The molecule has 2 fully saturated rings. The van der Waals surface area contributed by atoms with E-state index >= 15 is 0 Å². The Bertz CT molecular complexity index is 882. The summed E-state index contributed by atoms with van der Waals surface area (Å²) in [6.45, 7) is 4.92. The van der Waals surface area contributed by atoms with Gasteiger partial charge in [-0.05, 0) is 56.8 Å². The molecule has 2 aliphatic rings. The van der Waals surface area contributed by atoms with E-state index in [1.54, 1.807) is 0 Å². The molecule has 2 aromatic rings. The molecule has 28 heavy (non-hydrogen) atoms. The van der Waals surface area contributed by atoms with E-state index in [0.29, 0.717) is 12.2 Å². The Hall–Kier alpha value is -2.41. The van der Waals surface area contributed by atoms with Gasteiger partial charge in [-0.3, -0.25) is 14.5 Å². The van der Waals surface area contributed by atoms with Crippen LogP contribution < -0.4 is 5.73 Å². The lowest BCUT2D eigenvalue weighted by Crippen LogP contribution is -2.40. The monoisotopic (exact) mass is 383 g/mol. The van der Waals surface area contributed by atoms with Crippen LogP contribution in [0.15, 0.2) is 18.3 Å². The third-order valence-electron chi connectivity index (χ3n) is 6.02. The molecule has 7 heteroatoms. The summed E-state index contributed by atoms with van der Waals surface area (Å²) in [5, 5.41) is 0. The largest absolute Gasteiger partial charge is 0.368 e. The number of hydrogen-bond acceptors (Lipinski definition) is 4. The minimum Gasteiger partial charge on any atom is -0.368 e. The summed E-state index contributed by atoms with van der Waals surface area (Å²) in [6.07, 6.45) is 8.14. The van der Waals surface area contributed by atoms with Crippen LogP contribution in [0.5, 0.6) is 0 Å². The lowest BCUT2D eigenvalue weighted by atomic mass is 10.2. The number of nitrogens with zero attached hydrogens (tertiary/aromatic N) is 4. The van der Waals surface area contributed by atoms with Gasteiger partial charge in [0.2, 0.25) is 5.91 Å². The van der Waals surface area contributed by atoms with Gasteiger partial charge >= 0.3 is 0 Å². The summed E-state index contributed by atoms with van der Waals surface area (Å²) in [5.41, 5.74) is 8.86. The maximum Gasteiger partial charge on any atom is 0.274 e. The van der Waals surface area contributed by atoms with Crippen LogP contribution in [0.1, 0.15) is 60.3 Å². The maximum absolute atomic E-state index is 13.4. The molecule has 2 saturated heterocycles. The fourth-order valence-corrected chi connectivity index (χ4v) is 4.47. The summed E-state index contributed by atoms with van der Waals surface area (Å²) in [6, 6.07) is 3.75. The molecule has 0 radical (unpaired) electrons. The molecule has 4 heterocycles. The van der Waals surface area contributed by atoms with Gasteiger partial charge in [-0.25, -0.2) is 4.98 Å². The van der Waals surface area contributed by atoms with E-state index in [0.717, 1.165) is 62.2 Å². The number of hydrogen-bond donors (Lipinski definition) is 1. The number of likely N-dealkylation sites (tertiary alicyclic amines) is 2. The predicted molar refractivity (Wildman–Crippen MR) is 107 cm³/mol. The smallest absolute Gasteiger partial charge is 0.274 e. The number of primary amides is 1. The number of carbonyl (C=O) groups excluding carboxylic acids is 2. The summed E-state index contributed by atoms with van der Waals surface area (Å²) in [5.74, 6) is -0.282. The van der Waals surface area contributed by atoms with Crippen molar-refractivity contribution in [2.75, 3.05) is 19.6 Å². The zero-order valence-electron chi connectivity index (χ0n) is 16.6. The fraction of sp³-hybridized carbons (Fsp3) is 0.571. The normalized spacial score (nSPS) is 21.2. The van der Waals surface area contributed by atoms with Crippen LogP contribution in [0.4, 0.5) is 0 Å². The minimum atomic E-state index is -0.289. The van der Waals surface area contributed by atoms with Gasteiger partial charge in [-0.1, -0.05) is 12.8 Å². The second-order valence-electron chi connectivity index (χ2n) is 8.08. The average molecular weight is 383 g/mol. The number of aryl methyl sites for hydroxylation is 1. The highest BCUT2D eigenvalue weighted by atomic mass is 16.2. The highest BCUT2D eigenvalue weighted by Crippen LogP contribution is 2.24. The lowest BCUT2D eigenvalue weighted by molar-refractivity contribution is -0.122. The van der Waals surface area contributed by atoms with E-state index in [-0.39, 0.29) is 17.9 Å². The minimum absolute atomic E-state index is 0.00748. The van der Waals surface area contributed by atoms with Gasteiger partial charge < -0.3 is 15.0 Å². The zero-order valence-corrected chi connectivity index (χ0v) is 16.6. The zero-order chi connectivity index (χ0) is 19.7. The fourth-order valence-electron chi connectivity index (χ4n) is 4.47. The van der Waals surface area contributed by atoms with E-state index in [9.17, 15) is 9.59 Å². The Morgan fingerprint density at radius 2 is 1.89 bits per heavy atom. The Labute approximate surface area is 165 Å². The number of imidazole rings is 1. The van der Waals surface area contributed by atoms with Gasteiger partial charge in [0.1, 0.15) is 5.65 Å². The van der Waals surface area contributed by atoms with Crippen molar-refractivity contribution >= 4 is 17.5 Å². The molecule has 4 rings (SSSR count). The number of nitrogens with two attached hydrogens (primary N) is 1. The summed E-state index contributed by atoms with van der Waals surface area (Å²) >= 11 is 0. The van der Waals surface area contributed by atoms with Crippen LogP contribution in [-0.4, -0.2) is 56.7 Å². The van der Waals surface area contributed by atoms with Gasteiger partial charge in [0.15, 0.2) is 5.69 Å². The number of fused-ring (bicyclic) bond motifs is 1. The molecule has 2 N–H and O–H groups in total. The molecule has 2 aliphatic heterocycles. The van der Waals surface area contributed by atoms with Crippen LogP contribution in [0.25, 0.3) is 5.65 Å². The van der Waals surface area contributed by atoms with Crippen molar-refractivity contribution in [3.63, 3.8) is 0 Å². The maximum atomic E-state index is 13.4. The molecule has 150 valence electrons. The van der Waals surface area contributed by atoms with Crippen molar-refractivity contribution in [3.8, 4) is 0 Å². The van der Waals surface area contributed by atoms with Gasteiger partial charge in [0.25, 0.3) is 5.91 Å². The van der Waals surface area contributed by atoms with E-state index in [4.69, 9.17) is 10.7 Å². The number of aromatic nitrogens is 2. The molecular formula is C21H29N5O2. The molecule has 0 aromatic carbocycles. The number of rotatable bonds is 4. The molecule has 0 unspecified atom stereocenters. The molecule has 1 atom stereocenters. The highest BCUT2D eigenvalue weighted by Gasteiger charge is 2.32. The molecule has 0 spiro atoms. The van der Waals surface area contributed by atoms with Crippen molar-refractivity contribution in [3.05, 3.63) is 35.3 Å². The second kappa shape index (κ2) is 7.91. The molecule has 7 nitrogen and oxygen atoms in total. The Morgan fingerprint density at radius 3 is 2.61 bits per heavy atom. The quantitative estimate of drug-likeness (QED) is 0.876. The molecule has 2 amide bonds. The van der Waals surface area contributed by atoms with Crippen LogP contribution in [0, 0.1) is 6.92 Å². The van der Waals surface area contributed by atoms with Crippen LogP contribution in [0.3, 0.4) is 0 Å². The van der Waals surface area contributed by atoms with Crippen molar-refractivity contribution < 1.29 is 9.59 Å². The van der Waals surface area contributed by atoms with E-state index in [1.807, 2.05) is 34.6 Å². The first-order valence-electron chi connectivity index (χ1n) is 10.3. The molecule has 0 bridgehead atoms. The van der Waals surface area contributed by atoms with Gasteiger partial charge in [0, 0.05) is 25.8 Å². The van der Waals surface area contributed by atoms with Crippen LogP contribution in [-0.2, 0) is 11.3 Å². The lowest BCUT2D eigenvalue weighted by Gasteiger charge is -2.23. The topological polar surface area (TPSA) is 83.9 Å². The standard InChI is InChI=1S/C21H29N5O2/c1-15-8-12-26-17(14-25-11-6-7-16(25)20(22)27)19(23-18(26)13-15)21(28)24-9-4-2-3-5-10-24/h8,12-13,16H,2-7,9-11,14H2,1H3,(H2,22,27)/t16-/m0/s1. The van der Waals surface area contributed by atoms with Gasteiger partial charge in [-0.15, -0.1) is 0 Å². The Kier molecular flexibility index (Phi) is 5.35. The SMILES string of the molecule is Cc1ccn2c(CN3CCC[C@H]3C(N)=O)c(C(=O)N3CCCCCC3)nc2c1. The third kappa shape index (κ3) is 3.63. The van der Waals surface area contributed by atoms with E-state index in [1.165, 1.54) is 12.8 Å². The van der Waals surface area contributed by atoms with Crippen LogP contribution in [0.2, 0.25) is 0 Å². The first kappa shape index (κ1) is 18.9. The van der Waals surface area contributed by atoms with E-state index in [2.05, 4.69) is 4.90 Å². The average Bonchev–Trinajstić information content (AvgIpc) is 3.16. The highest BCUT2D eigenvalue weighted by molar-refractivity contribution is 5.94. The van der Waals surface area contributed by atoms with Gasteiger partial charge in [-0.2, -0.15) is 0 Å². The van der Waals surface area contributed by atoms with Gasteiger partial charge in [0.05, 0.1) is 11.7 Å². The molecule has 0 aliphatic carbocycles. The molecule has 2 aromatic heterocycles. The summed E-state index contributed by atoms with van der Waals surface area (Å²) in [7, 11) is 0. The molecule has 0 saturated carbocycles. The van der Waals surface area contributed by atoms with Crippen molar-refractivity contribution in [2.45, 2.75) is 58.0 Å². The first-order chi connectivity index (χ1) is 13.5.